The van der Waals surface area contributed by atoms with Crippen LogP contribution in [0, 0.1) is 11.2 Å². The molecule has 1 saturated heterocycles. The average molecular weight is 458 g/mol. The fourth-order valence-electron chi connectivity index (χ4n) is 4.80. The second kappa shape index (κ2) is 8.94. The van der Waals surface area contributed by atoms with E-state index < -0.39 is 5.41 Å². The van der Waals surface area contributed by atoms with Crippen molar-refractivity contribution in [1.82, 2.24) is 14.7 Å². The fourth-order valence-corrected chi connectivity index (χ4v) is 5.70. The van der Waals surface area contributed by atoms with Gasteiger partial charge in [0.25, 0.3) is 0 Å². The van der Waals surface area contributed by atoms with Crippen LogP contribution in [0.25, 0.3) is 0 Å². The summed E-state index contributed by atoms with van der Waals surface area (Å²) in [4.78, 5) is 33.3. The number of benzene rings is 1. The number of carbonyl (C=O) groups is 2. The van der Waals surface area contributed by atoms with Crippen molar-refractivity contribution in [3.63, 3.8) is 0 Å². The van der Waals surface area contributed by atoms with Gasteiger partial charge >= 0.3 is 0 Å². The van der Waals surface area contributed by atoms with E-state index in [0.29, 0.717) is 19.6 Å². The molecule has 2 amide bonds. The summed E-state index contributed by atoms with van der Waals surface area (Å²) in [5.74, 6) is -0.0614. The maximum absolute atomic E-state index is 14.0. The zero-order chi connectivity index (χ0) is 23.0. The zero-order valence-corrected chi connectivity index (χ0v) is 20.1. The van der Waals surface area contributed by atoms with Crippen LogP contribution >= 0.6 is 11.3 Å². The van der Waals surface area contributed by atoms with Gasteiger partial charge in [0.15, 0.2) is 0 Å². The minimum Gasteiger partial charge on any atom is -0.338 e. The number of hydrogen-bond donors (Lipinski definition) is 0. The summed E-state index contributed by atoms with van der Waals surface area (Å²) in [7, 11) is 0. The number of carbonyl (C=O) groups excluding carboxylic acids is 2. The summed E-state index contributed by atoms with van der Waals surface area (Å²) in [5, 5.41) is 2.08. The van der Waals surface area contributed by atoms with Crippen molar-refractivity contribution in [1.29, 1.82) is 0 Å². The van der Waals surface area contributed by atoms with Gasteiger partial charge in [0.1, 0.15) is 5.82 Å². The average Bonchev–Trinajstić information content (AvgIpc) is 3.21. The van der Waals surface area contributed by atoms with E-state index in [9.17, 15) is 14.0 Å². The molecule has 2 aliphatic heterocycles. The third kappa shape index (κ3) is 4.59. The Morgan fingerprint density at radius 3 is 2.62 bits per heavy atom. The lowest BCUT2D eigenvalue weighted by atomic mass is 9.93. The van der Waals surface area contributed by atoms with E-state index in [2.05, 4.69) is 16.3 Å². The van der Waals surface area contributed by atoms with Gasteiger partial charge in [0, 0.05) is 42.5 Å². The molecule has 1 aromatic carbocycles. The molecule has 172 valence electrons. The minimum atomic E-state index is -0.426. The van der Waals surface area contributed by atoms with Gasteiger partial charge in [-0.2, -0.15) is 0 Å². The Labute approximate surface area is 193 Å². The van der Waals surface area contributed by atoms with Crippen LogP contribution in [0.1, 0.15) is 49.7 Å². The normalized spacial score (nSPS) is 22.0. The second-order valence-electron chi connectivity index (χ2n) is 9.91. The highest BCUT2D eigenvalue weighted by Gasteiger charge is 2.36. The number of hydrogen-bond acceptors (Lipinski definition) is 4. The van der Waals surface area contributed by atoms with E-state index in [0.717, 1.165) is 18.5 Å². The summed E-state index contributed by atoms with van der Waals surface area (Å²) in [5.41, 5.74) is 1.63. The molecule has 5 nitrogen and oxygen atoms in total. The van der Waals surface area contributed by atoms with E-state index in [1.54, 1.807) is 23.5 Å². The van der Waals surface area contributed by atoms with E-state index >= 15 is 0 Å². The van der Waals surface area contributed by atoms with Crippen molar-refractivity contribution in [2.24, 2.45) is 5.41 Å². The number of thiophene rings is 1. The van der Waals surface area contributed by atoms with Crippen LogP contribution in [0.4, 0.5) is 4.39 Å². The van der Waals surface area contributed by atoms with Crippen molar-refractivity contribution in [2.45, 2.75) is 46.2 Å². The summed E-state index contributed by atoms with van der Waals surface area (Å²) >= 11 is 1.73. The lowest BCUT2D eigenvalue weighted by Gasteiger charge is -2.43. The predicted octanol–water partition coefficient (Wildman–Crippen LogP) is 3.94. The van der Waals surface area contributed by atoms with Crippen molar-refractivity contribution < 1.29 is 14.0 Å². The Bertz CT molecular complexity index is 999. The van der Waals surface area contributed by atoms with Crippen LogP contribution < -0.4 is 0 Å². The Balaban J connectivity index is 1.48. The standard InChI is InChI=1S/C25H32FN3O2S/c1-17-15-27(11-12-29(17)24(31)25(2,3)4)22(30)16-28-10-8-21-20(9-13-32-21)23(28)18-6-5-7-19(26)14-18/h5-7,9,13-14,17,23H,8,10-12,15-16H2,1-4H3/t17-,23-/m1/s1. The van der Waals surface area contributed by atoms with Crippen LogP contribution in [-0.2, 0) is 16.0 Å². The monoisotopic (exact) mass is 457 g/mol. The van der Waals surface area contributed by atoms with Gasteiger partial charge in [-0.05, 0) is 48.1 Å². The molecule has 3 heterocycles. The molecule has 0 saturated carbocycles. The Hall–Kier alpha value is -2.25. The predicted molar refractivity (Wildman–Crippen MR) is 125 cm³/mol. The molecule has 0 N–H and O–H groups in total. The van der Waals surface area contributed by atoms with Crippen molar-refractivity contribution in [3.05, 3.63) is 57.5 Å². The number of fused-ring (bicyclic) bond motifs is 1. The van der Waals surface area contributed by atoms with Gasteiger partial charge in [0.2, 0.25) is 11.8 Å². The van der Waals surface area contributed by atoms with Gasteiger partial charge < -0.3 is 9.80 Å². The zero-order valence-electron chi connectivity index (χ0n) is 19.3. The van der Waals surface area contributed by atoms with Gasteiger partial charge in [-0.15, -0.1) is 11.3 Å². The molecular weight excluding hydrogens is 425 g/mol. The molecule has 7 heteroatoms. The highest BCUT2D eigenvalue weighted by atomic mass is 32.1. The maximum Gasteiger partial charge on any atom is 0.236 e. The molecule has 0 bridgehead atoms. The molecule has 4 rings (SSSR count). The van der Waals surface area contributed by atoms with E-state index in [-0.39, 0.29) is 36.3 Å². The summed E-state index contributed by atoms with van der Waals surface area (Å²) < 4.78 is 14.0. The lowest BCUT2D eigenvalue weighted by Crippen LogP contribution is -2.58. The smallest absolute Gasteiger partial charge is 0.236 e. The van der Waals surface area contributed by atoms with Crippen LogP contribution in [0.3, 0.4) is 0 Å². The molecule has 1 fully saturated rings. The quantitative estimate of drug-likeness (QED) is 0.701. The van der Waals surface area contributed by atoms with Crippen LogP contribution in [0.2, 0.25) is 0 Å². The van der Waals surface area contributed by atoms with Crippen molar-refractivity contribution in [2.75, 3.05) is 32.7 Å². The first-order valence-corrected chi connectivity index (χ1v) is 12.2. The molecule has 2 aliphatic rings. The van der Waals surface area contributed by atoms with Crippen molar-refractivity contribution >= 4 is 23.2 Å². The molecular formula is C25H32FN3O2S. The molecule has 2 atom stereocenters. The van der Waals surface area contributed by atoms with Gasteiger partial charge in [-0.25, -0.2) is 4.39 Å². The molecule has 0 unspecified atom stereocenters. The Morgan fingerprint density at radius 1 is 1.16 bits per heavy atom. The first-order chi connectivity index (χ1) is 15.1. The molecule has 0 radical (unpaired) electrons. The Kier molecular flexibility index (Phi) is 6.41. The van der Waals surface area contributed by atoms with Gasteiger partial charge in [-0.1, -0.05) is 32.9 Å². The molecule has 0 aliphatic carbocycles. The van der Waals surface area contributed by atoms with E-state index in [1.165, 1.54) is 16.5 Å². The Morgan fingerprint density at radius 2 is 1.94 bits per heavy atom. The first kappa shape index (κ1) is 22.9. The number of rotatable bonds is 3. The third-order valence-corrected chi connectivity index (χ3v) is 7.45. The summed E-state index contributed by atoms with van der Waals surface area (Å²) in [6, 6.07) is 8.68. The maximum atomic E-state index is 14.0. The summed E-state index contributed by atoms with van der Waals surface area (Å²) in [6.45, 7) is 10.5. The number of amides is 2. The van der Waals surface area contributed by atoms with Crippen LogP contribution in [-0.4, -0.2) is 65.3 Å². The van der Waals surface area contributed by atoms with Gasteiger partial charge in [0.05, 0.1) is 12.6 Å². The molecule has 2 aromatic rings. The van der Waals surface area contributed by atoms with Gasteiger partial charge in [-0.3, -0.25) is 14.5 Å². The van der Waals surface area contributed by atoms with Crippen LogP contribution in [0.5, 0.6) is 0 Å². The SMILES string of the molecule is C[C@@H]1CN(C(=O)CN2CCc3sccc3[C@H]2c2cccc(F)c2)CCN1C(=O)C(C)(C)C. The second-order valence-corrected chi connectivity index (χ2v) is 10.9. The molecule has 1 aromatic heterocycles. The molecule has 32 heavy (non-hydrogen) atoms. The lowest BCUT2D eigenvalue weighted by molar-refractivity contribution is -0.148. The molecule has 0 spiro atoms. The van der Waals surface area contributed by atoms with Crippen LogP contribution in [0.15, 0.2) is 35.7 Å². The largest absolute Gasteiger partial charge is 0.338 e. The fraction of sp³-hybridized carbons (Fsp3) is 0.520. The van der Waals surface area contributed by atoms with E-state index in [1.807, 2.05) is 43.6 Å². The van der Waals surface area contributed by atoms with Crippen molar-refractivity contribution in [3.8, 4) is 0 Å². The number of piperazine rings is 1. The number of nitrogens with zero attached hydrogens (tertiary/aromatic N) is 3. The highest BCUT2D eigenvalue weighted by molar-refractivity contribution is 7.10. The first-order valence-electron chi connectivity index (χ1n) is 11.3. The number of halogens is 1. The summed E-state index contributed by atoms with van der Waals surface area (Å²) in [6.07, 6.45) is 0.899. The highest BCUT2D eigenvalue weighted by Crippen LogP contribution is 2.38. The third-order valence-electron chi connectivity index (χ3n) is 6.45. The van der Waals surface area contributed by atoms with E-state index in [4.69, 9.17) is 0 Å². The topological polar surface area (TPSA) is 43.9 Å². The minimum absolute atomic E-state index is 0.0109.